The Kier molecular flexibility index (Phi) is 4.80. The van der Waals surface area contributed by atoms with Crippen LogP contribution in [-0.2, 0) is 17.5 Å². The molecular weight excluding hydrogens is 351 g/mol. The third kappa shape index (κ3) is 3.92. The number of rotatable bonds is 6. The van der Waals surface area contributed by atoms with Gasteiger partial charge in [0.05, 0.1) is 14.2 Å². The second-order valence-electron chi connectivity index (χ2n) is 6.00. The summed E-state index contributed by atoms with van der Waals surface area (Å²) in [4.78, 5) is 12.3. The number of carbonyl (C=O) groups excluding carboxylic acids is 1. The first kappa shape index (κ1) is 18.1. The van der Waals surface area contributed by atoms with E-state index in [0.717, 1.165) is 23.6 Å². The number of aromatic nitrogens is 2. The molecule has 1 saturated carbocycles. The molecule has 26 heavy (non-hydrogen) atoms. The zero-order chi connectivity index (χ0) is 18.9. The lowest BCUT2D eigenvalue weighted by Crippen LogP contribution is -2.21. The van der Waals surface area contributed by atoms with Crippen molar-refractivity contribution in [2.24, 2.45) is 0 Å². The van der Waals surface area contributed by atoms with Gasteiger partial charge in [-0.1, -0.05) is 0 Å². The zero-order valence-electron chi connectivity index (χ0n) is 14.3. The van der Waals surface area contributed by atoms with E-state index in [1.165, 1.54) is 14.2 Å². The fourth-order valence-electron chi connectivity index (χ4n) is 2.65. The predicted molar refractivity (Wildman–Crippen MR) is 87.4 cm³/mol. The summed E-state index contributed by atoms with van der Waals surface area (Å²) >= 11 is 0. The van der Waals surface area contributed by atoms with Crippen molar-refractivity contribution in [3.63, 3.8) is 0 Å². The number of benzene rings is 1. The van der Waals surface area contributed by atoms with Crippen molar-refractivity contribution in [2.75, 3.05) is 19.5 Å². The molecule has 2 aromatic rings. The van der Waals surface area contributed by atoms with Gasteiger partial charge >= 0.3 is 6.18 Å². The van der Waals surface area contributed by atoms with Crippen LogP contribution in [0.5, 0.6) is 11.5 Å². The van der Waals surface area contributed by atoms with Gasteiger partial charge in [0.15, 0.2) is 17.2 Å². The molecule has 140 valence electrons. The van der Waals surface area contributed by atoms with E-state index in [-0.39, 0.29) is 12.5 Å². The average Bonchev–Trinajstić information content (AvgIpc) is 3.34. The van der Waals surface area contributed by atoms with E-state index < -0.39 is 17.8 Å². The molecule has 1 aliphatic carbocycles. The van der Waals surface area contributed by atoms with Gasteiger partial charge in [-0.15, -0.1) is 0 Å². The van der Waals surface area contributed by atoms with Crippen molar-refractivity contribution >= 4 is 11.6 Å². The van der Waals surface area contributed by atoms with Gasteiger partial charge in [-0.05, 0) is 31.0 Å². The molecule has 0 unspecified atom stereocenters. The second kappa shape index (κ2) is 6.89. The van der Waals surface area contributed by atoms with Gasteiger partial charge in [0, 0.05) is 23.4 Å². The molecule has 1 heterocycles. The van der Waals surface area contributed by atoms with Crippen molar-refractivity contribution < 1.29 is 27.4 Å². The summed E-state index contributed by atoms with van der Waals surface area (Å²) in [5.74, 6) is 0.495. The molecule has 9 heteroatoms. The molecule has 0 spiro atoms. The molecule has 1 aliphatic rings. The van der Waals surface area contributed by atoms with E-state index in [0.29, 0.717) is 22.9 Å². The fourth-order valence-corrected chi connectivity index (χ4v) is 2.65. The van der Waals surface area contributed by atoms with Crippen LogP contribution in [0.4, 0.5) is 18.9 Å². The van der Waals surface area contributed by atoms with Crippen molar-refractivity contribution in [3.8, 4) is 11.5 Å². The van der Waals surface area contributed by atoms with Crippen molar-refractivity contribution in [2.45, 2.75) is 31.5 Å². The molecular formula is C17H18F3N3O3. The maximum Gasteiger partial charge on any atom is 0.435 e. The largest absolute Gasteiger partial charge is 0.493 e. The van der Waals surface area contributed by atoms with Crippen LogP contribution in [0.2, 0.25) is 0 Å². The number of halogens is 3. The summed E-state index contributed by atoms with van der Waals surface area (Å²) in [6, 6.07) is 5.84. The molecule has 1 amide bonds. The number of alkyl halides is 3. The summed E-state index contributed by atoms with van der Waals surface area (Å²) in [7, 11) is 2.96. The van der Waals surface area contributed by atoms with Crippen molar-refractivity contribution in [1.29, 1.82) is 0 Å². The number of methoxy groups -OCH3 is 2. The fraction of sp³-hybridized carbons (Fsp3) is 0.412. The van der Waals surface area contributed by atoms with Crippen LogP contribution in [0.25, 0.3) is 0 Å². The van der Waals surface area contributed by atoms with E-state index in [9.17, 15) is 18.0 Å². The van der Waals surface area contributed by atoms with Gasteiger partial charge in [0.25, 0.3) is 0 Å². The molecule has 0 bridgehead atoms. The normalized spacial score (nSPS) is 14.2. The number of nitrogens with zero attached hydrogens (tertiary/aromatic N) is 2. The number of hydrogen-bond donors (Lipinski definition) is 1. The van der Waals surface area contributed by atoms with Crippen LogP contribution >= 0.6 is 0 Å². The number of nitrogens with one attached hydrogen (secondary N) is 1. The van der Waals surface area contributed by atoms with Crippen LogP contribution in [0.1, 0.15) is 30.1 Å². The highest BCUT2D eigenvalue weighted by Crippen LogP contribution is 2.42. The Balaban J connectivity index is 1.75. The van der Waals surface area contributed by atoms with Crippen LogP contribution in [-0.4, -0.2) is 29.9 Å². The average molecular weight is 369 g/mol. The minimum Gasteiger partial charge on any atom is -0.493 e. The quantitative estimate of drug-likeness (QED) is 0.847. The van der Waals surface area contributed by atoms with E-state index in [1.807, 2.05) is 0 Å². The maximum absolute atomic E-state index is 12.9. The molecule has 6 nitrogen and oxygen atoms in total. The summed E-state index contributed by atoms with van der Waals surface area (Å²) in [5, 5.41) is 6.21. The van der Waals surface area contributed by atoms with Crippen molar-refractivity contribution in [3.05, 3.63) is 35.7 Å². The monoisotopic (exact) mass is 369 g/mol. The molecule has 1 fully saturated rings. The third-order valence-corrected chi connectivity index (χ3v) is 4.06. The highest BCUT2D eigenvalue weighted by Gasteiger charge is 2.38. The van der Waals surface area contributed by atoms with Crippen LogP contribution in [0.15, 0.2) is 24.3 Å². The lowest BCUT2D eigenvalue weighted by atomic mass is 10.2. The Hall–Kier alpha value is -2.71. The van der Waals surface area contributed by atoms with Gasteiger partial charge in [0.2, 0.25) is 5.91 Å². The summed E-state index contributed by atoms with van der Waals surface area (Å²) in [6.45, 7) is -0.295. The Morgan fingerprint density at radius 3 is 2.50 bits per heavy atom. The first-order valence-electron chi connectivity index (χ1n) is 7.98. The number of hydrogen-bond acceptors (Lipinski definition) is 4. The van der Waals surface area contributed by atoms with Crippen LogP contribution < -0.4 is 14.8 Å². The highest BCUT2D eigenvalue weighted by molar-refractivity contribution is 5.91. The molecule has 1 N–H and O–H groups in total. The maximum atomic E-state index is 12.9. The van der Waals surface area contributed by atoms with E-state index in [1.54, 1.807) is 18.2 Å². The highest BCUT2D eigenvalue weighted by atomic mass is 19.4. The van der Waals surface area contributed by atoms with E-state index >= 15 is 0 Å². The summed E-state index contributed by atoms with van der Waals surface area (Å²) in [5.41, 5.74) is -0.0815. The SMILES string of the molecule is COc1ccc(NC(=O)Cn2nc(C(F)(F)F)cc2C2CC2)cc1OC. The zero-order valence-corrected chi connectivity index (χ0v) is 14.3. The molecule has 0 atom stereocenters. The summed E-state index contributed by atoms with van der Waals surface area (Å²) < 4.78 is 50.1. The standard InChI is InChI=1S/C17H18F3N3O3/c1-25-13-6-5-11(7-14(13)26-2)21-16(24)9-23-12(10-3-4-10)8-15(22-23)17(18,19)20/h5-8,10H,3-4,9H2,1-2H3,(H,21,24). The minimum atomic E-state index is -4.53. The lowest BCUT2D eigenvalue weighted by molar-refractivity contribution is -0.141. The predicted octanol–water partition coefficient (Wildman–Crippen LogP) is 3.44. The Morgan fingerprint density at radius 2 is 1.92 bits per heavy atom. The Morgan fingerprint density at radius 1 is 1.23 bits per heavy atom. The molecule has 0 radical (unpaired) electrons. The van der Waals surface area contributed by atoms with Crippen molar-refractivity contribution in [1.82, 2.24) is 9.78 Å². The van der Waals surface area contributed by atoms with E-state index in [4.69, 9.17) is 9.47 Å². The molecule has 3 rings (SSSR count). The lowest BCUT2D eigenvalue weighted by Gasteiger charge is -2.11. The van der Waals surface area contributed by atoms with Gasteiger partial charge in [0.1, 0.15) is 6.54 Å². The van der Waals surface area contributed by atoms with Crippen LogP contribution in [0, 0.1) is 0 Å². The minimum absolute atomic E-state index is 0.0347. The van der Waals surface area contributed by atoms with Gasteiger partial charge in [-0.25, -0.2) is 0 Å². The number of amides is 1. The topological polar surface area (TPSA) is 65.4 Å². The van der Waals surface area contributed by atoms with E-state index in [2.05, 4.69) is 10.4 Å². The molecule has 1 aromatic carbocycles. The first-order valence-corrected chi connectivity index (χ1v) is 7.98. The molecule has 0 saturated heterocycles. The number of anilines is 1. The number of ether oxygens (including phenoxy) is 2. The molecule has 1 aromatic heterocycles. The van der Waals surface area contributed by atoms with Gasteiger partial charge in [-0.2, -0.15) is 18.3 Å². The smallest absolute Gasteiger partial charge is 0.435 e. The van der Waals surface area contributed by atoms with Gasteiger partial charge < -0.3 is 14.8 Å². The second-order valence-corrected chi connectivity index (χ2v) is 6.00. The third-order valence-electron chi connectivity index (χ3n) is 4.06. The Labute approximate surface area is 147 Å². The van der Waals surface area contributed by atoms with Gasteiger partial charge in [-0.3, -0.25) is 9.48 Å². The Bertz CT molecular complexity index is 813. The number of carbonyl (C=O) groups is 1. The summed E-state index contributed by atoms with van der Waals surface area (Å²) in [6.07, 6.45) is -2.92. The van der Waals surface area contributed by atoms with Crippen LogP contribution in [0.3, 0.4) is 0 Å². The molecule has 0 aliphatic heterocycles. The first-order chi connectivity index (χ1) is 12.3.